The molecule has 0 aliphatic rings. The lowest BCUT2D eigenvalue weighted by atomic mass is 10.1. The zero-order chi connectivity index (χ0) is 18.5. The van der Waals surface area contributed by atoms with E-state index >= 15 is 0 Å². The summed E-state index contributed by atoms with van der Waals surface area (Å²) in [6.45, 7) is 2.72. The first kappa shape index (κ1) is 18.5. The summed E-state index contributed by atoms with van der Waals surface area (Å²) in [5.41, 5.74) is 2.88. The Morgan fingerprint density at radius 3 is 2.58 bits per heavy atom. The summed E-state index contributed by atoms with van der Waals surface area (Å²) in [7, 11) is 0. The SMILES string of the molecule is CCc1ccc(Cn2nccc2NC(=O)c2cc(SC)ccc2Cl)cc1. The van der Waals surface area contributed by atoms with Crippen LogP contribution in [-0.2, 0) is 13.0 Å². The first-order valence-electron chi connectivity index (χ1n) is 8.35. The van der Waals surface area contributed by atoms with Crippen molar-refractivity contribution < 1.29 is 4.79 Å². The van der Waals surface area contributed by atoms with E-state index in [1.54, 1.807) is 40.8 Å². The van der Waals surface area contributed by atoms with Gasteiger partial charge < -0.3 is 5.32 Å². The number of amides is 1. The molecule has 6 heteroatoms. The van der Waals surface area contributed by atoms with E-state index in [-0.39, 0.29) is 5.91 Å². The van der Waals surface area contributed by atoms with Crippen molar-refractivity contribution in [1.29, 1.82) is 0 Å². The molecule has 0 aliphatic carbocycles. The van der Waals surface area contributed by atoms with E-state index in [1.807, 2.05) is 12.3 Å². The second kappa shape index (κ2) is 8.43. The highest BCUT2D eigenvalue weighted by molar-refractivity contribution is 7.98. The predicted molar refractivity (Wildman–Crippen MR) is 108 cm³/mol. The van der Waals surface area contributed by atoms with E-state index < -0.39 is 0 Å². The van der Waals surface area contributed by atoms with Crippen molar-refractivity contribution in [2.24, 2.45) is 0 Å². The Balaban J connectivity index is 1.77. The van der Waals surface area contributed by atoms with Gasteiger partial charge in [-0.15, -0.1) is 11.8 Å². The predicted octanol–water partition coefficient (Wildman–Crippen LogP) is 5.12. The van der Waals surface area contributed by atoms with Crippen molar-refractivity contribution in [2.75, 3.05) is 11.6 Å². The number of hydrogen-bond donors (Lipinski definition) is 1. The number of thioether (sulfide) groups is 1. The molecule has 0 bridgehead atoms. The molecule has 1 aromatic heterocycles. The fraction of sp³-hybridized carbons (Fsp3) is 0.200. The highest BCUT2D eigenvalue weighted by Crippen LogP contribution is 2.24. The monoisotopic (exact) mass is 385 g/mol. The van der Waals surface area contributed by atoms with Crippen molar-refractivity contribution in [3.8, 4) is 0 Å². The Kier molecular flexibility index (Phi) is 6.01. The molecule has 0 atom stereocenters. The number of rotatable bonds is 6. The molecule has 3 rings (SSSR count). The van der Waals surface area contributed by atoms with Crippen LogP contribution >= 0.6 is 23.4 Å². The van der Waals surface area contributed by atoms with Crippen LogP contribution in [0.5, 0.6) is 0 Å². The first-order chi connectivity index (χ1) is 12.6. The standard InChI is InChI=1S/C20H20ClN3OS/c1-3-14-4-6-15(7-5-14)13-24-19(10-11-22-24)23-20(25)17-12-16(26-2)8-9-18(17)21/h4-12H,3,13H2,1-2H3,(H,23,25). The van der Waals surface area contributed by atoms with Gasteiger partial charge in [-0.25, -0.2) is 4.68 Å². The molecule has 26 heavy (non-hydrogen) atoms. The number of nitrogens with one attached hydrogen (secondary N) is 1. The van der Waals surface area contributed by atoms with Gasteiger partial charge in [-0.1, -0.05) is 42.8 Å². The van der Waals surface area contributed by atoms with E-state index in [1.165, 1.54) is 5.56 Å². The summed E-state index contributed by atoms with van der Waals surface area (Å²) < 4.78 is 1.77. The maximum Gasteiger partial charge on any atom is 0.258 e. The van der Waals surface area contributed by atoms with Gasteiger partial charge >= 0.3 is 0 Å². The normalized spacial score (nSPS) is 10.7. The molecule has 0 spiro atoms. The molecule has 0 saturated heterocycles. The van der Waals surface area contributed by atoms with Crippen molar-refractivity contribution >= 4 is 35.1 Å². The number of benzene rings is 2. The number of nitrogens with zero attached hydrogens (tertiary/aromatic N) is 2. The van der Waals surface area contributed by atoms with Crippen molar-refractivity contribution in [3.05, 3.63) is 76.4 Å². The number of carbonyl (C=O) groups excluding carboxylic acids is 1. The van der Waals surface area contributed by atoms with Crippen LogP contribution in [0.15, 0.2) is 59.6 Å². The quantitative estimate of drug-likeness (QED) is 0.599. The average molecular weight is 386 g/mol. The summed E-state index contributed by atoms with van der Waals surface area (Å²) in [6.07, 6.45) is 4.65. The number of aryl methyl sites for hydroxylation is 1. The zero-order valence-corrected chi connectivity index (χ0v) is 16.3. The highest BCUT2D eigenvalue weighted by atomic mass is 35.5. The van der Waals surface area contributed by atoms with Crippen LogP contribution in [0.25, 0.3) is 0 Å². The summed E-state index contributed by atoms with van der Waals surface area (Å²) in [5.74, 6) is 0.397. The van der Waals surface area contributed by atoms with Gasteiger partial charge in [0.05, 0.1) is 23.3 Å². The second-order valence-electron chi connectivity index (χ2n) is 5.84. The minimum absolute atomic E-state index is 0.242. The molecule has 1 amide bonds. The molecule has 134 valence electrons. The fourth-order valence-corrected chi connectivity index (χ4v) is 3.25. The van der Waals surface area contributed by atoms with Gasteiger partial charge in [-0.2, -0.15) is 5.10 Å². The van der Waals surface area contributed by atoms with Crippen LogP contribution < -0.4 is 5.32 Å². The number of anilines is 1. The van der Waals surface area contributed by atoms with Gasteiger partial charge in [0.25, 0.3) is 5.91 Å². The van der Waals surface area contributed by atoms with E-state index in [0.717, 1.165) is 16.9 Å². The van der Waals surface area contributed by atoms with Crippen LogP contribution in [0, 0.1) is 0 Å². The first-order valence-corrected chi connectivity index (χ1v) is 9.95. The molecular formula is C20H20ClN3OS. The Hall–Kier alpha value is -2.24. The summed E-state index contributed by atoms with van der Waals surface area (Å²) in [6, 6.07) is 15.6. The third-order valence-electron chi connectivity index (χ3n) is 4.14. The number of halogens is 1. The Morgan fingerprint density at radius 2 is 1.88 bits per heavy atom. The van der Waals surface area contributed by atoms with Crippen LogP contribution in [-0.4, -0.2) is 21.9 Å². The molecule has 0 aliphatic heterocycles. The Bertz CT molecular complexity index is 906. The molecule has 0 fully saturated rings. The molecule has 3 aromatic rings. The number of carbonyl (C=O) groups is 1. The third kappa shape index (κ3) is 4.29. The van der Waals surface area contributed by atoms with Gasteiger partial charge in [-0.3, -0.25) is 4.79 Å². The minimum atomic E-state index is -0.242. The van der Waals surface area contributed by atoms with Crippen LogP contribution in [0.2, 0.25) is 5.02 Å². The lowest BCUT2D eigenvalue weighted by Crippen LogP contribution is -2.16. The van der Waals surface area contributed by atoms with Gasteiger partial charge in [0.15, 0.2) is 0 Å². The van der Waals surface area contributed by atoms with Gasteiger partial charge in [0.2, 0.25) is 0 Å². The molecule has 0 unspecified atom stereocenters. The lowest BCUT2D eigenvalue weighted by Gasteiger charge is -2.11. The minimum Gasteiger partial charge on any atom is -0.307 e. The molecule has 0 radical (unpaired) electrons. The molecule has 1 N–H and O–H groups in total. The van der Waals surface area contributed by atoms with E-state index in [4.69, 9.17) is 11.6 Å². The molecule has 1 heterocycles. The zero-order valence-electron chi connectivity index (χ0n) is 14.7. The second-order valence-corrected chi connectivity index (χ2v) is 7.13. The summed E-state index contributed by atoms with van der Waals surface area (Å²) in [4.78, 5) is 13.6. The van der Waals surface area contributed by atoms with Crippen molar-refractivity contribution in [3.63, 3.8) is 0 Å². The fourth-order valence-electron chi connectivity index (χ4n) is 2.61. The number of hydrogen-bond acceptors (Lipinski definition) is 3. The molecule has 2 aromatic carbocycles. The van der Waals surface area contributed by atoms with Crippen molar-refractivity contribution in [1.82, 2.24) is 9.78 Å². The maximum absolute atomic E-state index is 12.6. The molecule has 0 saturated carbocycles. The van der Waals surface area contributed by atoms with E-state index in [9.17, 15) is 4.79 Å². The van der Waals surface area contributed by atoms with Gasteiger partial charge in [0, 0.05) is 11.0 Å². The summed E-state index contributed by atoms with van der Waals surface area (Å²) in [5, 5.41) is 7.66. The lowest BCUT2D eigenvalue weighted by molar-refractivity contribution is 0.102. The molecular weight excluding hydrogens is 366 g/mol. The Morgan fingerprint density at radius 1 is 1.15 bits per heavy atom. The van der Waals surface area contributed by atoms with E-state index in [0.29, 0.717) is 22.9 Å². The molecule has 4 nitrogen and oxygen atoms in total. The van der Waals surface area contributed by atoms with Crippen LogP contribution in [0.4, 0.5) is 5.82 Å². The maximum atomic E-state index is 12.6. The number of aromatic nitrogens is 2. The highest BCUT2D eigenvalue weighted by Gasteiger charge is 2.14. The topological polar surface area (TPSA) is 46.9 Å². The van der Waals surface area contributed by atoms with E-state index in [2.05, 4.69) is 41.6 Å². The summed E-state index contributed by atoms with van der Waals surface area (Å²) >= 11 is 7.76. The van der Waals surface area contributed by atoms with Gasteiger partial charge in [0.1, 0.15) is 5.82 Å². The smallest absolute Gasteiger partial charge is 0.258 e. The largest absolute Gasteiger partial charge is 0.307 e. The van der Waals surface area contributed by atoms with Crippen LogP contribution in [0.1, 0.15) is 28.4 Å². The van der Waals surface area contributed by atoms with Crippen molar-refractivity contribution in [2.45, 2.75) is 24.8 Å². The van der Waals surface area contributed by atoms with Crippen LogP contribution in [0.3, 0.4) is 0 Å². The Labute approximate surface area is 162 Å². The van der Waals surface area contributed by atoms with Gasteiger partial charge in [-0.05, 0) is 42.0 Å². The third-order valence-corrected chi connectivity index (χ3v) is 5.19. The average Bonchev–Trinajstić information content (AvgIpc) is 3.09.